The molecule has 2 N–H and O–H groups in total. The molecule has 0 saturated carbocycles. The molecule has 2 heterocycles. The molecule has 1 aromatic heterocycles. The standard InChI is InChI=1S/C10H13BrClN3/c11-9-4-8(6-14-10(9)12)15-7-2-1-3-13-5-7/h4,6-7,13,15H,1-3,5H2. The molecule has 1 aromatic rings. The smallest absolute Gasteiger partial charge is 0.143 e. The van der Waals surface area contributed by atoms with Crippen molar-refractivity contribution in [2.75, 3.05) is 18.4 Å². The number of rotatable bonds is 2. The average molecular weight is 291 g/mol. The first-order chi connectivity index (χ1) is 7.25. The van der Waals surface area contributed by atoms with Gasteiger partial charge < -0.3 is 10.6 Å². The molecule has 2 rings (SSSR count). The molecule has 15 heavy (non-hydrogen) atoms. The van der Waals surface area contributed by atoms with Gasteiger partial charge in [-0.2, -0.15) is 0 Å². The first-order valence-electron chi connectivity index (χ1n) is 5.04. The van der Waals surface area contributed by atoms with Gasteiger partial charge in [-0.05, 0) is 41.4 Å². The zero-order valence-electron chi connectivity index (χ0n) is 8.26. The van der Waals surface area contributed by atoms with Crippen molar-refractivity contribution in [1.82, 2.24) is 10.3 Å². The van der Waals surface area contributed by atoms with Gasteiger partial charge in [0.25, 0.3) is 0 Å². The van der Waals surface area contributed by atoms with E-state index in [2.05, 4.69) is 31.5 Å². The summed E-state index contributed by atoms with van der Waals surface area (Å²) in [6.07, 6.45) is 4.19. The van der Waals surface area contributed by atoms with Crippen molar-refractivity contribution in [1.29, 1.82) is 0 Å². The van der Waals surface area contributed by atoms with E-state index < -0.39 is 0 Å². The molecule has 82 valence electrons. The Hall–Kier alpha value is -0.320. The van der Waals surface area contributed by atoms with Crippen LogP contribution in [0.3, 0.4) is 0 Å². The van der Waals surface area contributed by atoms with Gasteiger partial charge in [0.15, 0.2) is 0 Å². The molecule has 1 atom stereocenters. The van der Waals surface area contributed by atoms with E-state index in [0.717, 1.165) is 23.2 Å². The largest absolute Gasteiger partial charge is 0.380 e. The van der Waals surface area contributed by atoms with Gasteiger partial charge in [-0.3, -0.25) is 0 Å². The van der Waals surface area contributed by atoms with Crippen LogP contribution in [0, 0.1) is 0 Å². The van der Waals surface area contributed by atoms with E-state index >= 15 is 0 Å². The molecule has 0 aliphatic carbocycles. The number of anilines is 1. The topological polar surface area (TPSA) is 37.0 Å². The van der Waals surface area contributed by atoms with Crippen molar-refractivity contribution >= 4 is 33.2 Å². The Kier molecular flexibility index (Phi) is 3.83. The number of hydrogen-bond acceptors (Lipinski definition) is 3. The minimum absolute atomic E-state index is 0.494. The van der Waals surface area contributed by atoms with Crippen molar-refractivity contribution < 1.29 is 0 Å². The quantitative estimate of drug-likeness (QED) is 0.822. The van der Waals surface area contributed by atoms with Gasteiger partial charge in [0.2, 0.25) is 0 Å². The van der Waals surface area contributed by atoms with Crippen LogP contribution < -0.4 is 10.6 Å². The van der Waals surface area contributed by atoms with Crippen LogP contribution in [0.25, 0.3) is 0 Å². The third-order valence-electron chi connectivity index (χ3n) is 2.46. The fraction of sp³-hybridized carbons (Fsp3) is 0.500. The van der Waals surface area contributed by atoms with Gasteiger partial charge in [0.1, 0.15) is 5.15 Å². The molecule has 1 aliphatic heterocycles. The van der Waals surface area contributed by atoms with E-state index in [9.17, 15) is 0 Å². The summed E-state index contributed by atoms with van der Waals surface area (Å²) < 4.78 is 0.831. The number of nitrogens with zero attached hydrogens (tertiary/aromatic N) is 1. The highest BCUT2D eigenvalue weighted by Gasteiger charge is 2.12. The summed E-state index contributed by atoms with van der Waals surface area (Å²) >= 11 is 9.19. The van der Waals surface area contributed by atoms with Crippen LogP contribution in [-0.2, 0) is 0 Å². The average Bonchev–Trinajstić information content (AvgIpc) is 2.25. The molecule has 1 aliphatic rings. The van der Waals surface area contributed by atoms with Crippen molar-refractivity contribution in [2.24, 2.45) is 0 Å². The molecule has 0 aromatic carbocycles. The third-order valence-corrected chi connectivity index (χ3v) is 3.60. The summed E-state index contributed by atoms with van der Waals surface area (Å²) in [6, 6.07) is 2.46. The number of nitrogens with one attached hydrogen (secondary N) is 2. The lowest BCUT2D eigenvalue weighted by atomic mass is 10.1. The Balaban J connectivity index is 2.00. The minimum Gasteiger partial charge on any atom is -0.380 e. The number of pyridine rings is 1. The lowest BCUT2D eigenvalue weighted by Gasteiger charge is -2.24. The van der Waals surface area contributed by atoms with E-state index in [-0.39, 0.29) is 0 Å². The Morgan fingerprint density at radius 2 is 2.47 bits per heavy atom. The summed E-state index contributed by atoms with van der Waals surface area (Å²) in [5.74, 6) is 0. The Bertz CT molecular complexity index is 339. The Morgan fingerprint density at radius 3 is 3.13 bits per heavy atom. The van der Waals surface area contributed by atoms with Gasteiger partial charge in [-0.15, -0.1) is 0 Å². The maximum atomic E-state index is 5.83. The highest BCUT2D eigenvalue weighted by Crippen LogP contribution is 2.23. The molecule has 0 bridgehead atoms. The predicted octanol–water partition coefficient (Wildman–Crippen LogP) is 2.66. The first-order valence-corrected chi connectivity index (χ1v) is 6.21. The maximum Gasteiger partial charge on any atom is 0.143 e. The maximum absolute atomic E-state index is 5.83. The van der Waals surface area contributed by atoms with Gasteiger partial charge >= 0.3 is 0 Å². The van der Waals surface area contributed by atoms with E-state index in [1.807, 2.05) is 6.07 Å². The summed E-state index contributed by atoms with van der Waals surface area (Å²) in [6.45, 7) is 2.14. The van der Waals surface area contributed by atoms with Crippen LogP contribution in [0.2, 0.25) is 5.15 Å². The second-order valence-corrected chi connectivity index (χ2v) is 4.90. The molecule has 1 saturated heterocycles. The van der Waals surface area contributed by atoms with Crippen LogP contribution in [0.15, 0.2) is 16.7 Å². The van der Waals surface area contributed by atoms with Gasteiger partial charge in [-0.1, -0.05) is 11.6 Å². The lowest BCUT2D eigenvalue weighted by molar-refractivity contribution is 0.480. The van der Waals surface area contributed by atoms with Crippen LogP contribution in [0.4, 0.5) is 5.69 Å². The van der Waals surface area contributed by atoms with E-state index in [1.54, 1.807) is 6.20 Å². The molecular formula is C10H13BrClN3. The van der Waals surface area contributed by atoms with Crippen LogP contribution in [0.5, 0.6) is 0 Å². The van der Waals surface area contributed by atoms with Crippen molar-refractivity contribution in [3.63, 3.8) is 0 Å². The molecule has 0 radical (unpaired) electrons. The number of hydrogen-bond donors (Lipinski definition) is 2. The molecular weight excluding hydrogens is 277 g/mol. The summed E-state index contributed by atoms with van der Waals surface area (Å²) in [4.78, 5) is 4.08. The second-order valence-electron chi connectivity index (χ2n) is 3.68. The normalized spacial score (nSPS) is 21.3. The lowest BCUT2D eigenvalue weighted by Crippen LogP contribution is -2.38. The highest BCUT2D eigenvalue weighted by molar-refractivity contribution is 9.10. The number of piperidine rings is 1. The fourth-order valence-corrected chi connectivity index (χ4v) is 2.16. The number of aromatic nitrogens is 1. The SMILES string of the molecule is Clc1ncc(NC2CCCNC2)cc1Br. The van der Waals surface area contributed by atoms with E-state index in [1.165, 1.54) is 12.8 Å². The molecule has 3 nitrogen and oxygen atoms in total. The van der Waals surface area contributed by atoms with Gasteiger partial charge in [0, 0.05) is 12.6 Å². The van der Waals surface area contributed by atoms with Crippen LogP contribution in [-0.4, -0.2) is 24.1 Å². The molecule has 1 unspecified atom stereocenters. The van der Waals surface area contributed by atoms with E-state index in [4.69, 9.17) is 11.6 Å². The van der Waals surface area contributed by atoms with Gasteiger partial charge in [-0.25, -0.2) is 4.98 Å². The van der Waals surface area contributed by atoms with Crippen molar-refractivity contribution in [3.8, 4) is 0 Å². The summed E-state index contributed by atoms with van der Waals surface area (Å²) in [7, 11) is 0. The highest BCUT2D eigenvalue weighted by atomic mass is 79.9. The zero-order chi connectivity index (χ0) is 10.7. The van der Waals surface area contributed by atoms with Crippen molar-refractivity contribution in [2.45, 2.75) is 18.9 Å². The van der Waals surface area contributed by atoms with Crippen molar-refractivity contribution in [3.05, 3.63) is 21.9 Å². The first kappa shape index (κ1) is 11.2. The molecule has 0 amide bonds. The molecule has 0 spiro atoms. The van der Waals surface area contributed by atoms with Crippen LogP contribution >= 0.6 is 27.5 Å². The summed E-state index contributed by atoms with van der Waals surface area (Å²) in [5, 5.41) is 7.30. The van der Waals surface area contributed by atoms with Gasteiger partial charge in [0.05, 0.1) is 16.4 Å². The Morgan fingerprint density at radius 1 is 1.60 bits per heavy atom. The fourth-order valence-electron chi connectivity index (χ4n) is 1.71. The zero-order valence-corrected chi connectivity index (χ0v) is 10.6. The predicted molar refractivity (Wildman–Crippen MR) is 66.5 cm³/mol. The minimum atomic E-state index is 0.494. The third kappa shape index (κ3) is 3.06. The van der Waals surface area contributed by atoms with E-state index in [0.29, 0.717) is 11.2 Å². The monoisotopic (exact) mass is 289 g/mol. The van der Waals surface area contributed by atoms with Crippen LogP contribution in [0.1, 0.15) is 12.8 Å². The number of halogens is 2. The summed E-state index contributed by atoms with van der Waals surface area (Å²) in [5.41, 5.74) is 1.01. The Labute approximate surface area is 103 Å². The second kappa shape index (κ2) is 5.14. The molecule has 5 heteroatoms. The molecule has 1 fully saturated rings.